The van der Waals surface area contributed by atoms with E-state index < -0.39 is 17.3 Å². The van der Waals surface area contributed by atoms with E-state index in [-0.39, 0.29) is 11.8 Å². The highest BCUT2D eigenvalue weighted by atomic mass is 16.4. The molecule has 0 heterocycles. The van der Waals surface area contributed by atoms with Crippen molar-refractivity contribution in [1.82, 2.24) is 10.2 Å². The Morgan fingerprint density at radius 3 is 2.32 bits per heavy atom. The van der Waals surface area contributed by atoms with Crippen molar-refractivity contribution in [2.75, 3.05) is 20.1 Å². The third kappa shape index (κ3) is 3.69. The fraction of sp³-hybridized carbons (Fsp3) is 0.857. The number of rotatable bonds is 7. The largest absolute Gasteiger partial charge is 0.481 e. The number of aliphatic carboxylic acids is 1. The molecule has 0 aromatic carbocycles. The predicted octanol–water partition coefficient (Wildman–Crippen LogP) is 1.19. The van der Waals surface area contributed by atoms with Crippen LogP contribution in [0.5, 0.6) is 0 Å². The molecule has 1 amide bonds. The van der Waals surface area contributed by atoms with Crippen LogP contribution in [0, 0.1) is 17.3 Å². The highest BCUT2D eigenvalue weighted by Crippen LogP contribution is 2.58. The average Bonchev–Trinajstić information content (AvgIpc) is 2.87. The van der Waals surface area contributed by atoms with Crippen molar-refractivity contribution in [2.45, 2.75) is 40.2 Å². The van der Waals surface area contributed by atoms with Crippen LogP contribution in [-0.2, 0) is 9.59 Å². The molecule has 0 aromatic heterocycles. The molecule has 0 spiro atoms. The van der Waals surface area contributed by atoms with Crippen LogP contribution in [0.2, 0.25) is 0 Å². The summed E-state index contributed by atoms with van der Waals surface area (Å²) < 4.78 is 0. The molecule has 0 radical (unpaired) electrons. The maximum Gasteiger partial charge on any atom is 0.307 e. The zero-order chi connectivity index (χ0) is 14.8. The summed E-state index contributed by atoms with van der Waals surface area (Å²) in [7, 11) is 2.05. The second-order valence-corrected chi connectivity index (χ2v) is 6.33. The van der Waals surface area contributed by atoms with E-state index in [1.165, 1.54) is 0 Å². The molecular formula is C14H26N2O3. The van der Waals surface area contributed by atoms with Gasteiger partial charge in [0.25, 0.3) is 0 Å². The van der Waals surface area contributed by atoms with Gasteiger partial charge in [-0.25, -0.2) is 0 Å². The first-order valence-corrected chi connectivity index (χ1v) is 6.90. The SMILES string of the molecule is CC(C)N(C)CCCNC(=O)C1C(C(=O)O)C1(C)C. The number of nitrogens with one attached hydrogen (secondary N) is 1. The number of carboxylic acid groups (broad SMARTS) is 1. The van der Waals surface area contributed by atoms with Gasteiger partial charge in [-0.05, 0) is 39.3 Å². The second-order valence-electron chi connectivity index (χ2n) is 6.33. The smallest absolute Gasteiger partial charge is 0.307 e. The van der Waals surface area contributed by atoms with E-state index in [0.717, 1.165) is 13.0 Å². The Kier molecular flexibility index (Phi) is 4.96. The number of amides is 1. The Hall–Kier alpha value is -1.10. The van der Waals surface area contributed by atoms with E-state index >= 15 is 0 Å². The highest BCUT2D eigenvalue weighted by Gasteiger charge is 2.65. The van der Waals surface area contributed by atoms with Crippen LogP contribution >= 0.6 is 0 Å². The van der Waals surface area contributed by atoms with Gasteiger partial charge in [-0.2, -0.15) is 0 Å². The fourth-order valence-electron chi connectivity index (χ4n) is 2.50. The Bertz CT molecular complexity index is 353. The van der Waals surface area contributed by atoms with E-state index in [0.29, 0.717) is 12.6 Å². The third-order valence-electron chi connectivity index (χ3n) is 4.24. The first kappa shape index (κ1) is 16.0. The van der Waals surface area contributed by atoms with Gasteiger partial charge < -0.3 is 15.3 Å². The van der Waals surface area contributed by atoms with Gasteiger partial charge in [0, 0.05) is 12.6 Å². The van der Waals surface area contributed by atoms with Crippen molar-refractivity contribution in [3.63, 3.8) is 0 Å². The second kappa shape index (κ2) is 5.90. The summed E-state index contributed by atoms with van der Waals surface area (Å²) in [6.45, 7) is 9.46. The number of carboxylic acids is 1. The first-order valence-electron chi connectivity index (χ1n) is 6.90. The monoisotopic (exact) mass is 270 g/mol. The van der Waals surface area contributed by atoms with Gasteiger partial charge in [0.05, 0.1) is 11.8 Å². The van der Waals surface area contributed by atoms with Gasteiger partial charge in [-0.15, -0.1) is 0 Å². The molecule has 19 heavy (non-hydrogen) atoms. The summed E-state index contributed by atoms with van der Waals surface area (Å²) in [6, 6.07) is 0.495. The molecule has 0 aromatic rings. The zero-order valence-electron chi connectivity index (χ0n) is 12.6. The minimum atomic E-state index is -0.871. The summed E-state index contributed by atoms with van der Waals surface area (Å²) in [5.41, 5.74) is -0.412. The highest BCUT2D eigenvalue weighted by molar-refractivity contribution is 5.91. The molecule has 0 aliphatic heterocycles. The molecule has 2 unspecified atom stereocenters. The van der Waals surface area contributed by atoms with Crippen LogP contribution in [0.4, 0.5) is 0 Å². The molecule has 1 aliphatic rings. The molecule has 0 saturated heterocycles. The van der Waals surface area contributed by atoms with Gasteiger partial charge in [0.2, 0.25) is 5.91 Å². The lowest BCUT2D eigenvalue weighted by Crippen LogP contribution is -2.32. The molecule has 5 nitrogen and oxygen atoms in total. The van der Waals surface area contributed by atoms with Gasteiger partial charge in [0.1, 0.15) is 0 Å². The van der Waals surface area contributed by atoms with Gasteiger partial charge >= 0.3 is 5.97 Å². The van der Waals surface area contributed by atoms with Crippen LogP contribution in [0.3, 0.4) is 0 Å². The Morgan fingerprint density at radius 1 is 1.32 bits per heavy atom. The Morgan fingerprint density at radius 2 is 1.89 bits per heavy atom. The van der Waals surface area contributed by atoms with E-state index in [1.54, 1.807) is 0 Å². The number of carbonyl (C=O) groups excluding carboxylic acids is 1. The van der Waals surface area contributed by atoms with Gasteiger partial charge in [0.15, 0.2) is 0 Å². The average molecular weight is 270 g/mol. The third-order valence-corrected chi connectivity index (χ3v) is 4.24. The number of carbonyl (C=O) groups is 2. The molecule has 1 aliphatic carbocycles. The van der Waals surface area contributed by atoms with Crippen LogP contribution in [-0.4, -0.2) is 48.1 Å². The minimum Gasteiger partial charge on any atom is -0.481 e. The van der Waals surface area contributed by atoms with Crippen molar-refractivity contribution < 1.29 is 14.7 Å². The topological polar surface area (TPSA) is 69.6 Å². The van der Waals surface area contributed by atoms with E-state index in [4.69, 9.17) is 5.11 Å². The van der Waals surface area contributed by atoms with E-state index in [9.17, 15) is 9.59 Å². The lowest BCUT2D eigenvalue weighted by molar-refractivity contribution is -0.140. The lowest BCUT2D eigenvalue weighted by Gasteiger charge is -2.20. The van der Waals surface area contributed by atoms with Crippen LogP contribution in [0.25, 0.3) is 0 Å². The minimum absolute atomic E-state index is 0.121. The standard InChI is InChI=1S/C14H26N2O3/c1-9(2)16(5)8-6-7-15-12(17)10-11(13(18)19)14(10,3)4/h9-11H,6-8H2,1-5H3,(H,15,17)(H,18,19). The summed E-state index contributed by atoms with van der Waals surface area (Å²) in [6.07, 6.45) is 0.880. The summed E-state index contributed by atoms with van der Waals surface area (Å²) in [5, 5.41) is 11.9. The molecule has 2 N–H and O–H groups in total. The summed E-state index contributed by atoms with van der Waals surface area (Å²) in [5.74, 6) is -1.91. The van der Waals surface area contributed by atoms with Gasteiger partial charge in [-0.3, -0.25) is 9.59 Å². The molecule has 1 fully saturated rings. The normalized spacial score (nSPS) is 24.6. The first-order chi connectivity index (χ1) is 8.69. The Labute approximate surface area is 115 Å². The molecule has 0 bridgehead atoms. The maximum atomic E-state index is 11.9. The quantitative estimate of drug-likeness (QED) is 0.682. The lowest BCUT2D eigenvalue weighted by atomic mass is 10.1. The van der Waals surface area contributed by atoms with Crippen molar-refractivity contribution in [1.29, 1.82) is 0 Å². The van der Waals surface area contributed by atoms with Crippen molar-refractivity contribution in [2.24, 2.45) is 17.3 Å². The zero-order valence-corrected chi connectivity index (χ0v) is 12.6. The van der Waals surface area contributed by atoms with Crippen molar-refractivity contribution in [3.05, 3.63) is 0 Å². The predicted molar refractivity (Wildman–Crippen MR) is 73.8 cm³/mol. The van der Waals surface area contributed by atoms with Gasteiger partial charge in [-0.1, -0.05) is 13.8 Å². The summed E-state index contributed by atoms with van der Waals surface area (Å²) >= 11 is 0. The van der Waals surface area contributed by atoms with Crippen LogP contribution in [0.15, 0.2) is 0 Å². The van der Waals surface area contributed by atoms with E-state index in [2.05, 4.69) is 31.1 Å². The fourth-order valence-corrected chi connectivity index (χ4v) is 2.50. The maximum absolute atomic E-state index is 11.9. The van der Waals surface area contributed by atoms with Crippen molar-refractivity contribution in [3.8, 4) is 0 Å². The Balaban J connectivity index is 2.28. The molecule has 1 saturated carbocycles. The van der Waals surface area contributed by atoms with Crippen molar-refractivity contribution >= 4 is 11.9 Å². The van der Waals surface area contributed by atoms with Crippen LogP contribution in [0.1, 0.15) is 34.1 Å². The molecule has 5 heteroatoms. The number of hydrogen-bond acceptors (Lipinski definition) is 3. The molecular weight excluding hydrogens is 244 g/mol. The molecule has 2 atom stereocenters. The number of hydrogen-bond donors (Lipinski definition) is 2. The summed E-state index contributed by atoms with van der Waals surface area (Å²) in [4.78, 5) is 25.1. The van der Waals surface area contributed by atoms with E-state index in [1.807, 2.05) is 13.8 Å². The van der Waals surface area contributed by atoms with Crippen LogP contribution < -0.4 is 5.32 Å². The number of nitrogens with zero attached hydrogens (tertiary/aromatic N) is 1. The molecule has 1 rings (SSSR count). The molecule has 110 valence electrons.